The fourth-order valence-corrected chi connectivity index (χ4v) is 1.18. The average molecular weight is 258 g/mol. The predicted octanol–water partition coefficient (Wildman–Crippen LogP) is 2.67. The summed E-state index contributed by atoms with van der Waals surface area (Å²) < 4.78 is 52.0. The maximum absolute atomic E-state index is 12.9. The molecule has 88 valence electrons. The monoisotopic (exact) mass is 257 g/mol. The first kappa shape index (κ1) is 12.7. The zero-order valence-electron chi connectivity index (χ0n) is 7.52. The van der Waals surface area contributed by atoms with Gasteiger partial charge in [-0.2, -0.15) is 4.39 Å². The molecular formula is C8H4ClF4NO2. The van der Waals surface area contributed by atoms with Crippen molar-refractivity contribution in [1.82, 2.24) is 4.98 Å². The number of nitrogens with zero attached hydrogens (tertiary/aromatic N) is 1. The third-order valence-electron chi connectivity index (χ3n) is 1.59. The topological polar surface area (TPSA) is 39.2 Å². The number of carbonyl (C=O) groups is 1. The van der Waals surface area contributed by atoms with E-state index in [2.05, 4.69) is 9.72 Å². The lowest BCUT2D eigenvalue weighted by Gasteiger charge is -2.12. The Labute approximate surface area is 92.0 Å². The van der Waals surface area contributed by atoms with Gasteiger partial charge in [0.25, 0.3) is 5.95 Å². The van der Waals surface area contributed by atoms with Gasteiger partial charge < -0.3 is 4.74 Å². The smallest absolute Gasteiger partial charge is 0.400 e. The summed E-state index contributed by atoms with van der Waals surface area (Å²) in [5, 5.41) is 0. The molecule has 1 aromatic heterocycles. The lowest BCUT2D eigenvalue weighted by molar-refractivity contribution is -0.275. The van der Waals surface area contributed by atoms with Crippen LogP contribution in [0.15, 0.2) is 6.20 Å². The van der Waals surface area contributed by atoms with E-state index >= 15 is 0 Å². The van der Waals surface area contributed by atoms with E-state index in [1.54, 1.807) is 0 Å². The van der Waals surface area contributed by atoms with Crippen LogP contribution in [0.2, 0.25) is 0 Å². The summed E-state index contributed by atoms with van der Waals surface area (Å²) in [5.41, 5.74) is -0.642. The number of halogens is 5. The van der Waals surface area contributed by atoms with Gasteiger partial charge in [0.1, 0.15) is 0 Å². The summed E-state index contributed by atoms with van der Waals surface area (Å²) in [5.74, 6) is -3.07. The molecule has 0 spiro atoms. The van der Waals surface area contributed by atoms with Gasteiger partial charge in [0, 0.05) is 12.1 Å². The lowest BCUT2D eigenvalue weighted by atomic mass is 10.1. The Kier molecular flexibility index (Phi) is 3.69. The standard InChI is InChI=1S/C8H4ClF4NO2/c9-1-4-2-14-7(10)6(5(4)3-15)16-8(11,12)13/h2-3H,1H2. The molecule has 0 aliphatic heterocycles. The van der Waals surface area contributed by atoms with Crippen LogP contribution >= 0.6 is 11.6 Å². The van der Waals surface area contributed by atoms with Crippen LogP contribution in [0, 0.1) is 5.95 Å². The normalized spacial score (nSPS) is 11.3. The van der Waals surface area contributed by atoms with Crippen LogP contribution in [0.3, 0.4) is 0 Å². The quantitative estimate of drug-likeness (QED) is 0.362. The third kappa shape index (κ3) is 2.82. The fraction of sp³-hybridized carbons (Fsp3) is 0.250. The molecule has 0 radical (unpaired) electrons. The molecular weight excluding hydrogens is 254 g/mol. The van der Waals surface area contributed by atoms with Crippen molar-refractivity contribution < 1.29 is 27.1 Å². The Morgan fingerprint density at radius 2 is 2.12 bits per heavy atom. The summed E-state index contributed by atoms with van der Waals surface area (Å²) in [7, 11) is 0. The molecule has 3 nitrogen and oxygen atoms in total. The highest BCUT2D eigenvalue weighted by Gasteiger charge is 2.34. The number of pyridine rings is 1. The summed E-state index contributed by atoms with van der Waals surface area (Å²) in [6, 6.07) is 0. The van der Waals surface area contributed by atoms with Crippen LogP contribution < -0.4 is 4.74 Å². The zero-order valence-corrected chi connectivity index (χ0v) is 8.27. The van der Waals surface area contributed by atoms with Crippen molar-refractivity contribution >= 4 is 17.9 Å². The number of alkyl halides is 4. The van der Waals surface area contributed by atoms with Crippen molar-refractivity contribution in [3.8, 4) is 5.75 Å². The molecule has 0 N–H and O–H groups in total. The highest BCUT2D eigenvalue weighted by Crippen LogP contribution is 2.29. The second-order valence-electron chi connectivity index (χ2n) is 2.62. The maximum atomic E-state index is 12.9. The summed E-state index contributed by atoms with van der Waals surface area (Å²) in [6.07, 6.45) is -4.20. The maximum Gasteiger partial charge on any atom is 0.573 e. The minimum absolute atomic E-state index is 0.0313. The van der Waals surface area contributed by atoms with Gasteiger partial charge in [-0.05, 0) is 5.56 Å². The number of aromatic nitrogens is 1. The molecule has 8 heteroatoms. The van der Waals surface area contributed by atoms with E-state index in [0.717, 1.165) is 6.20 Å². The molecule has 16 heavy (non-hydrogen) atoms. The Balaban J connectivity index is 3.29. The predicted molar refractivity (Wildman–Crippen MR) is 45.8 cm³/mol. The summed E-state index contributed by atoms with van der Waals surface area (Å²) in [6.45, 7) is 0. The van der Waals surface area contributed by atoms with Gasteiger partial charge in [-0.15, -0.1) is 24.8 Å². The van der Waals surface area contributed by atoms with Gasteiger partial charge in [-0.1, -0.05) is 0 Å². The SMILES string of the molecule is O=Cc1c(CCl)cnc(F)c1OC(F)(F)F. The van der Waals surface area contributed by atoms with Gasteiger partial charge in [0.15, 0.2) is 12.0 Å². The van der Waals surface area contributed by atoms with Gasteiger partial charge in [-0.3, -0.25) is 4.79 Å². The second-order valence-corrected chi connectivity index (χ2v) is 2.88. The van der Waals surface area contributed by atoms with E-state index in [0.29, 0.717) is 0 Å². The van der Waals surface area contributed by atoms with Crippen molar-refractivity contribution in [1.29, 1.82) is 0 Å². The van der Waals surface area contributed by atoms with Crippen LogP contribution in [-0.4, -0.2) is 17.6 Å². The highest BCUT2D eigenvalue weighted by atomic mass is 35.5. The molecule has 0 bridgehead atoms. The Morgan fingerprint density at radius 1 is 1.50 bits per heavy atom. The molecule has 0 saturated carbocycles. The molecule has 0 unspecified atom stereocenters. The first-order chi connectivity index (χ1) is 7.39. The fourth-order valence-electron chi connectivity index (χ4n) is 0.968. The van der Waals surface area contributed by atoms with Gasteiger partial charge in [0.05, 0.1) is 5.56 Å². The summed E-state index contributed by atoms with van der Waals surface area (Å²) >= 11 is 5.35. The van der Waals surface area contributed by atoms with E-state index < -0.39 is 23.6 Å². The number of aldehydes is 1. The van der Waals surface area contributed by atoms with E-state index in [9.17, 15) is 22.4 Å². The van der Waals surface area contributed by atoms with Crippen LogP contribution in [0.25, 0.3) is 0 Å². The van der Waals surface area contributed by atoms with E-state index in [1.807, 2.05) is 0 Å². The zero-order chi connectivity index (χ0) is 12.3. The largest absolute Gasteiger partial charge is 0.573 e. The molecule has 1 rings (SSSR count). The van der Waals surface area contributed by atoms with E-state index in [1.165, 1.54) is 0 Å². The minimum Gasteiger partial charge on any atom is -0.400 e. The van der Waals surface area contributed by atoms with Crippen LogP contribution in [-0.2, 0) is 5.88 Å². The average Bonchev–Trinajstić information content (AvgIpc) is 2.19. The molecule has 1 heterocycles. The van der Waals surface area contributed by atoms with Crippen LogP contribution in [0.5, 0.6) is 5.75 Å². The molecule has 0 aromatic carbocycles. The molecule has 0 amide bonds. The van der Waals surface area contributed by atoms with Crippen molar-refractivity contribution in [2.45, 2.75) is 12.2 Å². The van der Waals surface area contributed by atoms with E-state index in [-0.39, 0.29) is 17.7 Å². The Hall–Kier alpha value is -1.37. The minimum atomic E-state index is -5.11. The Morgan fingerprint density at radius 3 is 2.56 bits per heavy atom. The third-order valence-corrected chi connectivity index (χ3v) is 1.88. The number of hydrogen-bond donors (Lipinski definition) is 0. The summed E-state index contributed by atoms with van der Waals surface area (Å²) in [4.78, 5) is 13.6. The van der Waals surface area contributed by atoms with Gasteiger partial charge in [-0.25, -0.2) is 4.98 Å². The molecule has 0 aliphatic carbocycles. The van der Waals surface area contributed by atoms with Crippen molar-refractivity contribution in [2.24, 2.45) is 0 Å². The lowest BCUT2D eigenvalue weighted by Crippen LogP contribution is -2.20. The van der Waals surface area contributed by atoms with Crippen LogP contribution in [0.1, 0.15) is 15.9 Å². The van der Waals surface area contributed by atoms with Gasteiger partial charge >= 0.3 is 6.36 Å². The molecule has 0 saturated heterocycles. The van der Waals surface area contributed by atoms with Gasteiger partial charge in [0.2, 0.25) is 0 Å². The molecule has 1 aromatic rings. The molecule has 0 fully saturated rings. The van der Waals surface area contributed by atoms with E-state index in [4.69, 9.17) is 11.6 Å². The first-order valence-corrected chi connectivity index (χ1v) is 4.36. The molecule has 0 aliphatic rings. The number of ether oxygens (including phenoxy) is 1. The van der Waals surface area contributed by atoms with Crippen LogP contribution in [0.4, 0.5) is 17.6 Å². The number of carbonyl (C=O) groups excluding carboxylic acids is 1. The second kappa shape index (κ2) is 4.65. The van der Waals surface area contributed by atoms with Crippen molar-refractivity contribution in [3.05, 3.63) is 23.3 Å². The number of rotatable bonds is 3. The number of hydrogen-bond acceptors (Lipinski definition) is 3. The molecule has 0 atom stereocenters. The van der Waals surface area contributed by atoms with Crippen molar-refractivity contribution in [3.63, 3.8) is 0 Å². The highest BCUT2D eigenvalue weighted by molar-refractivity contribution is 6.17. The Bertz CT molecular complexity index is 408. The van der Waals surface area contributed by atoms with Crippen molar-refractivity contribution in [2.75, 3.05) is 0 Å². The first-order valence-electron chi connectivity index (χ1n) is 3.83.